The Hall–Kier alpha value is -3.10. The van der Waals surface area contributed by atoms with Crippen LogP contribution in [-0.2, 0) is 0 Å². The molecule has 7 nitrogen and oxygen atoms in total. The van der Waals surface area contributed by atoms with Gasteiger partial charge in [0.1, 0.15) is 22.1 Å². The number of rotatable bonds is 7. The number of aromatic nitrogens is 1. The summed E-state index contributed by atoms with van der Waals surface area (Å²) in [5.74, 6) is 0.229. The van der Waals surface area contributed by atoms with Crippen molar-refractivity contribution in [2.75, 3.05) is 11.5 Å². The molecule has 1 heterocycles. The van der Waals surface area contributed by atoms with Gasteiger partial charge in [0, 0.05) is 11.4 Å². The number of aliphatic hydroxyl groups excluding tert-OH is 1. The Labute approximate surface area is 166 Å². The number of anilines is 3. The smallest absolute Gasteiger partial charge is 0.271 e. The first-order valence-corrected chi connectivity index (χ1v) is 9.67. The molecule has 146 valence electrons. The number of benzene rings is 2. The van der Waals surface area contributed by atoms with Gasteiger partial charge in [-0.05, 0) is 54.4 Å². The molecule has 0 radical (unpaired) electrons. The predicted molar refractivity (Wildman–Crippen MR) is 113 cm³/mol. The molecule has 2 aromatic carbocycles. The first kappa shape index (κ1) is 19.7. The molecule has 0 amide bonds. The molecule has 0 spiro atoms. The molecule has 0 fully saturated rings. The van der Waals surface area contributed by atoms with Crippen LogP contribution in [0.3, 0.4) is 0 Å². The maximum atomic E-state index is 12.5. The molecule has 1 aromatic heterocycles. The van der Waals surface area contributed by atoms with E-state index in [-0.39, 0.29) is 35.4 Å². The largest absolute Gasteiger partial charge is 0.508 e. The van der Waals surface area contributed by atoms with Crippen molar-refractivity contribution in [3.05, 3.63) is 70.5 Å². The normalized spacial score (nSPS) is 12.7. The average molecular weight is 398 g/mol. The lowest BCUT2D eigenvalue weighted by Gasteiger charge is -2.24. The van der Waals surface area contributed by atoms with Crippen molar-refractivity contribution in [3.63, 3.8) is 0 Å². The first-order valence-electron chi connectivity index (χ1n) is 8.85. The number of aromatic hydroxyl groups is 1. The highest BCUT2D eigenvalue weighted by atomic mass is 32.1. The third-order valence-electron chi connectivity index (χ3n) is 4.27. The van der Waals surface area contributed by atoms with E-state index in [4.69, 9.17) is 5.73 Å². The summed E-state index contributed by atoms with van der Waals surface area (Å²) in [4.78, 5) is 18.7. The fourth-order valence-electron chi connectivity index (χ4n) is 2.76. The van der Waals surface area contributed by atoms with Crippen molar-refractivity contribution in [1.29, 1.82) is 0 Å². The molecule has 1 unspecified atom stereocenters. The van der Waals surface area contributed by atoms with Crippen molar-refractivity contribution in [3.8, 4) is 5.75 Å². The second kappa shape index (κ2) is 8.73. The third-order valence-corrected chi connectivity index (χ3v) is 5.13. The number of aromatic amines is 1. The maximum absolute atomic E-state index is 12.5. The fourth-order valence-corrected chi connectivity index (χ4v) is 3.65. The van der Waals surface area contributed by atoms with Crippen LogP contribution in [0.15, 0.2) is 64.4 Å². The first-order chi connectivity index (χ1) is 13.5. The van der Waals surface area contributed by atoms with Gasteiger partial charge < -0.3 is 15.9 Å². The molecule has 3 aromatic rings. The molecule has 3 rings (SSSR count). The van der Waals surface area contributed by atoms with Crippen LogP contribution in [0.2, 0.25) is 0 Å². The Morgan fingerprint density at radius 2 is 1.82 bits per heavy atom. The molecule has 1 atom stereocenters. The molecule has 5 N–H and O–H groups in total. The van der Waals surface area contributed by atoms with Crippen molar-refractivity contribution in [1.82, 2.24) is 4.37 Å². The van der Waals surface area contributed by atoms with Gasteiger partial charge in [-0.3, -0.25) is 19.1 Å². The minimum atomic E-state index is -0.369. The minimum Gasteiger partial charge on any atom is -0.508 e. The van der Waals surface area contributed by atoms with Crippen molar-refractivity contribution in [2.24, 2.45) is 10.7 Å². The van der Waals surface area contributed by atoms with Crippen LogP contribution in [0.5, 0.6) is 5.75 Å². The number of phenols is 1. The Morgan fingerprint density at radius 3 is 2.43 bits per heavy atom. The standard InChI is InChI=1S/C20H22N4O3S/c1-2-13(12-25)22-18(21)17-19(27)23-28-20(17)24(14-6-4-3-5-7-14)15-8-10-16(26)11-9-15/h3-11,13,25-26H,2,12H2,1H3,(H2,21,22)(H,23,27). The van der Waals surface area contributed by atoms with Crippen LogP contribution in [0.25, 0.3) is 0 Å². The highest BCUT2D eigenvalue weighted by Crippen LogP contribution is 2.38. The Balaban J connectivity index is 2.17. The van der Waals surface area contributed by atoms with Gasteiger partial charge in [-0.1, -0.05) is 25.1 Å². The zero-order valence-electron chi connectivity index (χ0n) is 15.4. The number of phenolic OH excluding ortho intramolecular Hbond substituents is 1. The van der Waals surface area contributed by atoms with Crippen LogP contribution in [-0.4, -0.2) is 33.1 Å². The number of nitrogens with two attached hydrogens (primary N) is 1. The number of amidine groups is 1. The van der Waals surface area contributed by atoms with E-state index in [1.54, 1.807) is 24.3 Å². The summed E-state index contributed by atoms with van der Waals surface area (Å²) >= 11 is 1.15. The minimum absolute atomic E-state index is 0.0816. The molecule has 0 aliphatic carbocycles. The number of nitrogens with one attached hydrogen (secondary N) is 1. The topological polar surface area (TPSA) is 115 Å². The molecule has 0 aliphatic heterocycles. The quantitative estimate of drug-likeness (QED) is 0.361. The van der Waals surface area contributed by atoms with Crippen LogP contribution in [0.1, 0.15) is 18.9 Å². The molecule has 0 saturated carbocycles. The highest BCUT2D eigenvalue weighted by Gasteiger charge is 2.23. The zero-order valence-corrected chi connectivity index (χ0v) is 16.2. The fraction of sp³-hybridized carbons (Fsp3) is 0.200. The summed E-state index contributed by atoms with van der Waals surface area (Å²) in [6.07, 6.45) is 0.606. The van der Waals surface area contributed by atoms with E-state index in [0.29, 0.717) is 11.4 Å². The summed E-state index contributed by atoms with van der Waals surface area (Å²) in [7, 11) is 0. The molecule has 0 aliphatic rings. The SMILES string of the molecule is CCC(CO)N=C(N)c1c(N(c2ccccc2)c2ccc(O)cc2)s[nH]c1=O. The van der Waals surface area contributed by atoms with E-state index >= 15 is 0 Å². The molecule has 0 bridgehead atoms. The zero-order chi connectivity index (χ0) is 20.1. The number of aliphatic hydroxyl groups is 1. The van der Waals surface area contributed by atoms with Crippen LogP contribution in [0, 0.1) is 0 Å². The monoisotopic (exact) mass is 398 g/mol. The average Bonchev–Trinajstić information content (AvgIpc) is 3.09. The summed E-state index contributed by atoms with van der Waals surface area (Å²) in [6, 6.07) is 15.8. The lowest BCUT2D eigenvalue weighted by atomic mass is 10.2. The van der Waals surface area contributed by atoms with Crippen LogP contribution >= 0.6 is 11.5 Å². The lowest BCUT2D eigenvalue weighted by Crippen LogP contribution is -2.26. The van der Waals surface area contributed by atoms with E-state index in [2.05, 4.69) is 9.37 Å². The highest BCUT2D eigenvalue weighted by molar-refractivity contribution is 7.10. The molecular formula is C20H22N4O3S. The second-order valence-corrected chi connectivity index (χ2v) is 6.95. The van der Waals surface area contributed by atoms with Gasteiger partial charge >= 0.3 is 0 Å². The van der Waals surface area contributed by atoms with Gasteiger partial charge in [0.05, 0.1) is 12.6 Å². The number of nitrogens with zero attached hydrogens (tertiary/aromatic N) is 2. The lowest BCUT2D eigenvalue weighted by molar-refractivity contribution is 0.264. The van der Waals surface area contributed by atoms with E-state index < -0.39 is 0 Å². The third kappa shape index (κ3) is 4.08. The second-order valence-electron chi connectivity index (χ2n) is 6.16. The van der Waals surface area contributed by atoms with Gasteiger partial charge in [-0.2, -0.15) is 0 Å². The Morgan fingerprint density at radius 1 is 1.18 bits per heavy atom. The summed E-state index contributed by atoms with van der Waals surface area (Å²) in [6.45, 7) is 1.75. The molecular weight excluding hydrogens is 376 g/mol. The predicted octanol–water partition coefficient (Wildman–Crippen LogP) is 3.09. The van der Waals surface area contributed by atoms with Gasteiger partial charge in [-0.15, -0.1) is 0 Å². The number of aliphatic imine (C=N–C) groups is 1. The van der Waals surface area contributed by atoms with Crippen LogP contribution < -0.4 is 16.2 Å². The van der Waals surface area contributed by atoms with Crippen LogP contribution in [0.4, 0.5) is 16.4 Å². The Bertz CT molecular complexity index is 992. The molecule has 0 saturated heterocycles. The summed E-state index contributed by atoms with van der Waals surface area (Å²) in [5.41, 5.74) is 7.67. The number of hydrogen-bond donors (Lipinski definition) is 4. The number of H-pyrrole nitrogens is 1. The van der Waals surface area contributed by atoms with Gasteiger partial charge in [-0.25, -0.2) is 0 Å². The van der Waals surface area contributed by atoms with Gasteiger partial charge in [0.25, 0.3) is 5.56 Å². The maximum Gasteiger partial charge on any atom is 0.271 e. The van der Waals surface area contributed by atoms with E-state index in [1.807, 2.05) is 42.2 Å². The summed E-state index contributed by atoms with van der Waals surface area (Å²) in [5, 5.41) is 19.6. The van der Waals surface area contributed by atoms with Crippen molar-refractivity contribution in [2.45, 2.75) is 19.4 Å². The van der Waals surface area contributed by atoms with Gasteiger partial charge in [0.15, 0.2) is 0 Å². The molecule has 28 heavy (non-hydrogen) atoms. The number of para-hydroxylation sites is 1. The number of hydrogen-bond acceptors (Lipinski definition) is 6. The van der Waals surface area contributed by atoms with Crippen molar-refractivity contribution < 1.29 is 10.2 Å². The van der Waals surface area contributed by atoms with E-state index in [9.17, 15) is 15.0 Å². The van der Waals surface area contributed by atoms with E-state index in [0.717, 1.165) is 22.9 Å². The Kier molecular flexibility index (Phi) is 6.13. The summed E-state index contributed by atoms with van der Waals surface area (Å²) < 4.78 is 2.73. The van der Waals surface area contributed by atoms with E-state index in [1.165, 1.54) is 0 Å². The molecule has 8 heteroatoms. The van der Waals surface area contributed by atoms with Gasteiger partial charge in [0.2, 0.25) is 0 Å². The van der Waals surface area contributed by atoms with Crippen molar-refractivity contribution >= 4 is 33.7 Å².